The Balaban J connectivity index is 3.94. The minimum absolute atomic E-state index is 0.0935. The molecule has 0 bridgehead atoms. The van der Waals surface area contributed by atoms with E-state index in [1.54, 1.807) is 0 Å². The molecule has 9 heteroatoms. The number of phosphoric ester groups is 1. The predicted molar refractivity (Wildman–Crippen MR) is 210 cm³/mol. The molecule has 2 unspecified atom stereocenters. The van der Waals surface area contributed by atoms with Gasteiger partial charge < -0.3 is 20.1 Å². The standard InChI is InChI=1S/C41H82NO7P/c1-3-5-7-9-11-13-15-16-17-18-19-20-21-22-23-24-26-28-30-32-34-41(43)49-40(39-48-50(44,45)47-37-35-42)38-46-36-33-31-29-27-25-14-12-10-8-6-4-2/h8,10,40H,3-7,9,11-39,42H2,1-2H3,(H,44,45)/b10-8-. The molecule has 0 aromatic heterocycles. The Morgan fingerprint density at radius 3 is 1.54 bits per heavy atom. The summed E-state index contributed by atoms with van der Waals surface area (Å²) in [6, 6.07) is 0. The molecule has 8 nitrogen and oxygen atoms in total. The molecule has 2 atom stereocenters. The Kier molecular flexibility index (Phi) is 38.8. The maximum absolute atomic E-state index is 12.6. The van der Waals surface area contributed by atoms with Crippen molar-refractivity contribution in [3.8, 4) is 0 Å². The van der Waals surface area contributed by atoms with E-state index in [1.165, 1.54) is 154 Å². The van der Waals surface area contributed by atoms with Crippen LogP contribution < -0.4 is 5.73 Å². The second kappa shape index (κ2) is 39.4. The number of phosphoric acid groups is 1. The van der Waals surface area contributed by atoms with Crippen molar-refractivity contribution in [2.75, 3.05) is 33.0 Å². The monoisotopic (exact) mass is 732 g/mol. The van der Waals surface area contributed by atoms with E-state index in [4.69, 9.17) is 24.3 Å². The van der Waals surface area contributed by atoms with Gasteiger partial charge in [-0.05, 0) is 32.1 Å². The summed E-state index contributed by atoms with van der Waals surface area (Å²) in [7, 11) is -4.27. The van der Waals surface area contributed by atoms with Crippen LogP contribution in [0.3, 0.4) is 0 Å². The predicted octanol–water partition coefficient (Wildman–Crippen LogP) is 12.3. The van der Waals surface area contributed by atoms with Gasteiger partial charge in [-0.2, -0.15) is 0 Å². The van der Waals surface area contributed by atoms with Gasteiger partial charge in [-0.1, -0.05) is 180 Å². The summed E-state index contributed by atoms with van der Waals surface area (Å²) >= 11 is 0. The molecule has 0 aromatic carbocycles. The van der Waals surface area contributed by atoms with Gasteiger partial charge in [0.05, 0.1) is 19.8 Å². The molecule has 3 N–H and O–H groups in total. The number of hydrogen-bond acceptors (Lipinski definition) is 7. The van der Waals surface area contributed by atoms with E-state index >= 15 is 0 Å². The summed E-state index contributed by atoms with van der Waals surface area (Å²) in [4.78, 5) is 22.4. The molecule has 50 heavy (non-hydrogen) atoms. The van der Waals surface area contributed by atoms with Crippen molar-refractivity contribution in [2.24, 2.45) is 5.73 Å². The zero-order valence-electron chi connectivity index (χ0n) is 32.9. The van der Waals surface area contributed by atoms with Gasteiger partial charge in [-0.25, -0.2) is 4.57 Å². The van der Waals surface area contributed by atoms with Crippen LogP contribution >= 0.6 is 7.82 Å². The van der Waals surface area contributed by atoms with E-state index < -0.39 is 13.9 Å². The number of ether oxygens (including phenoxy) is 2. The molecule has 0 saturated carbocycles. The largest absolute Gasteiger partial charge is 0.472 e. The average molecular weight is 732 g/mol. The first kappa shape index (κ1) is 49.2. The fourth-order valence-electron chi connectivity index (χ4n) is 6.06. The number of unbranched alkanes of at least 4 members (excludes halogenated alkanes) is 26. The Labute approximate surface area is 309 Å². The van der Waals surface area contributed by atoms with Gasteiger partial charge >= 0.3 is 13.8 Å². The van der Waals surface area contributed by atoms with E-state index in [2.05, 4.69) is 26.0 Å². The van der Waals surface area contributed by atoms with Crippen molar-refractivity contribution in [3.05, 3.63) is 12.2 Å². The summed E-state index contributed by atoms with van der Waals surface area (Å²) in [5.41, 5.74) is 5.36. The molecule has 0 rings (SSSR count). The number of allylic oxidation sites excluding steroid dienone is 2. The quantitative estimate of drug-likeness (QED) is 0.0276. The SMILES string of the molecule is CCC/C=C\CCCCCCCCOCC(COP(=O)(O)OCCN)OC(=O)CCCCCCCCCCCCCCCCCCCCCC. The summed E-state index contributed by atoms with van der Waals surface area (Å²) in [5, 5.41) is 0. The average Bonchev–Trinajstić information content (AvgIpc) is 3.10. The number of hydrogen-bond donors (Lipinski definition) is 2. The second-order valence-electron chi connectivity index (χ2n) is 14.2. The minimum Gasteiger partial charge on any atom is -0.457 e. The van der Waals surface area contributed by atoms with E-state index in [-0.39, 0.29) is 32.3 Å². The molecule has 0 radical (unpaired) electrons. The van der Waals surface area contributed by atoms with Crippen molar-refractivity contribution in [1.29, 1.82) is 0 Å². The first-order valence-corrected chi connectivity index (χ1v) is 22.7. The van der Waals surface area contributed by atoms with Crippen molar-refractivity contribution >= 4 is 13.8 Å². The summed E-state index contributed by atoms with van der Waals surface area (Å²) in [6.45, 7) is 4.89. The maximum atomic E-state index is 12.6. The molecule has 0 aromatic rings. The smallest absolute Gasteiger partial charge is 0.457 e. The summed E-state index contributed by atoms with van der Waals surface area (Å²) in [5.74, 6) is -0.329. The zero-order chi connectivity index (χ0) is 36.6. The van der Waals surface area contributed by atoms with Crippen molar-refractivity contribution < 1.29 is 32.8 Å². The molecule has 298 valence electrons. The highest BCUT2D eigenvalue weighted by atomic mass is 31.2. The number of esters is 1. The molecular formula is C41H82NO7P. The highest BCUT2D eigenvalue weighted by Gasteiger charge is 2.25. The maximum Gasteiger partial charge on any atom is 0.472 e. The highest BCUT2D eigenvalue weighted by Crippen LogP contribution is 2.43. The summed E-state index contributed by atoms with van der Waals surface area (Å²) in [6.07, 6.45) is 40.9. The highest BCUT2D eigenvalue weighted by molar-refractivity contribution is 7.47. The van der Waals surface area contributed by atoms with E-state index in [1.807, 2.05) is 0 Å². The number of carbonyl (C=O) groups excluding carboxylic acids is 1. The lowest BCUT2D eigenvalue weighted by atomic mass is 10.0. The molecule has 0 aliphatic carbocycles. The van der Waals surface area contributed by atoms with Crippen LogP contribution in [0, 0.1) is 0 Å². The van der Waals surface area contributed by atoms with Crippen LogP contribution in [0.5, 0.6) is 0 Å². The number of rotatable bonds is 41. The normalized spacial score (nSPS) is 13.6. The third-order valence-corrected chi connectivity index (χ3v) is 10.1. The van der Waals surface area contributed by atoms with E-state index in [0.717, 1.165) is 32.1 Å². The topological polar surface area (TPSA) is 117 Å². The Morgan fingerprint density at radius 2 is 1.04 bits per heavy atom. The fraction of sp³-hybridized carbons (Fsp3) is 0.927. The van der Waals surface area contributed by atoms with Crippen LogP contribution in [0.2, 0.25) is 0 Å². The molecule has 0 spiro atoms. The van der Waals surface area contributed by atoms with Gasteiger partial charge in [0.25, 0.3) is 0 Å². The molecule has 0 amide bonds. The third kappa shape index (κ3) is 38.5. The van der Waals surface area contributed by atoms with Gasteiger partial charge in [0, 0.05) is 19.6 Å². The van der Waals surface area contributed by atoms with Gasteiger partial charge in [0.2, 0.25) is 0 Å². The van der Waals surface area contributed by atoms with Crippen molar-refractivity contribution in [1.82, 2.24) is 0 Å². The molecule has 0 aliphatic heterocycles. The first-order valence-electron chi connectivity index (χ1n) is 21.2. The summed E-state index contributed by atoms with van der Waals surface area (Å²) < 4.78 is 33.3. The third-order valence-electron chi connectivity index (χ3n) is 9.16. The van der Waals surface area contributed by atoms with Gasteiger partial charge in [0.1, 0.15) is 6.10 Å². The Morgan fingerprint density at radius 1 is 0.580 bits per heavy atom. The lowest BCUT2D eigenvalue weighted by Gasteiger charge is -2.20. The molecular weight excluding hydrogens is 649 g/mol. The fourth-order valence-corrected chi connectivity index (χ4v) is 6.82. The number of nitrogens with two attached hydrogens (primary N) is 1. The number of carbonyl (C=O) groups is 1. The zero-order valence-corrected chi connectivity index (χ0v) is 33.8. The first-order chi connectivity index (χ1) is 24.4. The lowest BCUT2D eigenvalue weighted by Crippen LogP contribution is -2.28. The molecule has 0 fully saturated rings. The molecule has 0 heterocycles. The van der Waals surface area contributed by atoms with Crippen LogP contribution in [0.15, 0.2) is 12.2 Å². The van der Waals surface area contributed by atoms with E-state index in [9.17, 15) is 14.3 Å². The molecule has 0 aliphatic rings. The Bertz CT molecular complexity index is 782. The van der Waals surface area contributed by atoms with Gasteiger partial charge in [0.15, 0.2) is 0 Å². The minimum atomic E-state index is -4.27. The van der Waals surface area contributed by atoms with Crippen LogP contribution in [-0.2, 0) is 27.9 Å². The van der Waals surface area contributed by atoms with Gasteiger partial charge in [-0.15, -0.1) is 0 Å². The second-order valence-corrected chi connectivity index (χ2v) is 15.7. The Hall–Kier alpha value is -0.760. The van der Waals surface area contributed by atoms with Gasteiger partial charge in [-0.3, -0.25) is 13.8 Å². The van der Waals surface area contributed by atoms with Crippen LogP contribution in [-0.4, -0.2) is 49.9 Å². The lowest BCUT2D eigenvalue weighted by molar-refractivity contribution is -0.154. The van der Waals surface area contributed by atoms with Crippen molar-refractivity contribution in [3.63, 3.8) is 0 Å². The van der Waals surface area contributed by atoms with Crippen LogP contribution in [0.1, 0.15) is 206 Å². The molecule has 0 saturated heterocycles. The van der Waals surface area contributed by atoms with Crippen LogP contribution in [0.4, 0.5) is 0 Å². The van der Waals surface area contributed by atoms with Crippen LogP contribution in [0.25, 0.3) is 0 Å². The van der Waals surface area contributed by atoms with E-state index in [0.29, 0.717) is 13.0 Å². The van der Waals surface area contributed by atoms with Crippen molar-refractivity contribution in [2.45, 2.75) is 213 Å².